The van der Waals surface area contributed by atoms with Crippen LogP contribution in [0.25, 0.3) is 0 Å². The highest BCUT2D eigenvalue weighted by Gasteiger charge is 2.25. The summed E-state index contributed by atoms with van der Waals surface area (Å²) in [5, 5.41) is 17.7. The molecule has 7 heteroatoms. The van der Waals surface area contributed by atoms with Crippen LogP contribution in [0, 0.1) is 17.2 Å². The van der Waals surface area contributed by atoms with Gasteiger partial charge < -0.3 is 5.11 Å². The molecule has 20 heavy (non-hydrogen) atoms. The molecule has 0 aliphatic rings. The second-order valence-electron chi connectivity index (χ2n) is 4.32. The highest BCUT2D eigenvalue weighted by molar-refractivity contribution is 7.89. The molecule has 0 amide bonds. The van der Waals surface area contributed by atoms with Crippen LogP contribution in [0.3, 0.4) is 0 Å². The normalized spacial score (nSPS) is 12.9. The Morgan fingerprint density at radius 2 is 2.15 bits per heavy atom. The Kier molecular flexibility index (Phi) is 5.25. The largest absolute Gasteiger partial charge is 0.478 e. The molecule has 1 unspecified atom stereocenters. The third-order valence-corrected chi connectivity index (χ3v) is 4.71. The first kappa shape index (κ1) is 16.1. The standard InChI is InChI=1S/C13H16N2O4S/c1-3-15(9-10(2)8-14)20(18,19)12-6-4-5-11(7-12)13(16)17/h4-7,10H,3,9H2,1-2H3,(H,16,17). The van der Waals surface area contributed by atoms with E-state index in [0.717, 1.165) is 6.07 Å². The van der Waals surface area contributed by atoms with Gasteiger partial charge >= 0.3 is 5.97 Å². The van der Waals surface area contributed by atoms with Crippen LogP contribution in [-0.2, 0) is 10.0 Å². The Morgan fingerprint density at radius 1 is 1.50 bits per heavy atom. The molecule has 6 nitrogen and oxygen atoms in total. The molecule has 0 spiro atoms. The fourth-order valence-corrected chi connectivity index (χ4v) is 3.27. The quantitative estimate of drug-likeness (QED) is 0.858. The van der Waals surface area contributed by atoms with E-state index in [-0.39, 0.29) is 23.5 Å². The van der Waals surface area contributed by atoms with Gasteiger partial charge in [-0.2, -0.15) is 9.57 Å². The Hall–Kier alpha value is -1.91. The zero-order valence-electron chi connectivity index (χ0n) is 11.3. The SMILES string of the molecule is CCN(CC(C)C#N)S(=O)(=O)c1cccc(C(=O)O)c1. The molecular formula is C13H16N2O4S. The summed E-state index contributed by atoms with van der Waals surface area (Å²) in [6.45, 7) is 3.59. The van der Waals surface area contributed by atoms with Gasteiger partial charge in [0.25, 0.3) is 0 Å². The van der Waals surface area contributed by atoms with Gasteiger partial charge in [-0.1, -0.05) is 13.0 Å². The molecule has 0 bridgehead atoms. The summed E-state index contributed by atoms with van der Waals surface area (Å²) in [6, 6.07) is 7.17. The van der Waals surface area contributed by atoms with Crippen molar-refractivity contribution < 1.29 is 18.3 Å². The molecule has 0 aromatic heterocycles. The van der Waals surface area contributed by atoms with Crippen LogP contribution in [0.4, 0.5) is 0 Å². The highest BCUT2D eigenvalue weighted by atomic mass is 32.2. The molecule has 1 rings (SSSR count). The summed E-state index contributed by atoms with van der Waals surface area (Å²) in [5.74, 6) is -1.62. The molecule has 0 radical (unpaired) electrons. The summed E-state index contributed by atoms with van der Waals surface area (Å²) in [6.07, 6.45) is 0. The fourth-order valence-electron chi connectivity index (χ4n) is 1.68. The zero-order valence-corrected chi connectivity index (χ0v) is 12.1. The van der Waals surface area contributed by atoms with Gasteiger partial charge in [-0.3, -0.25) is 0 Å². The van der Waals surface area contributed by atoms with E-state index >= 15 is 0 Å². The predicted molar refractivity (Wildman–Crippen MR) is 72.6 cm³/mol. The van der Waals surface area contributed by atoms with Crippen molar-refractivity contribution in [3.8, 4) is 6.07 Å². The lowest BCUT2D eigenvalue weighted by Crippen LogP contribution is -2.34. The monoisotopic (exact) mass is 296 g/mol. The summed E-state index contributed by atoms with van der Waals surface area (Å²) in [4.78, 5) is 10.8. The Morgan fingerprint density at radius 3 is 2.65 bits per heavy atom. The molecule has 0 aliphatic heterocycles. The van der Waals surface area contributed by atoms with Crippen molar-refractivity contribution in [1.29, 1.82) is 5.26 Å². The van der Waals surface area contributed by atoms with E-state index in [9.17, 15) is 13.2 Å². The highest BCUT2D eigenvalue weighted by Crippen LogP contribution is 2.18. The number of hydrogen-bond donors (Lipinski definition) is 1. The molecule has 0 aliphatic carbocycles. The van der Waals surface area contributed by atoms with Gasteiger partial charge in [0.2, 0.25) is 10.0 Å². The average molecular weight is 296 g/mol. The summed E-state index contributed by atoms with van der Waals surface area (Å²) < 4.78 is 26.0. The second kappa shape index (κ2) is 6.50. The van der Waals surface area contributed by atoms with Crippen molar-refractivity contribution >= 4 is 16.0 Å². The number of nitrogens with zero attached hydrogens (tertiary/aromatic N) is 2. The van der Waals surface area contributed by atoms with E-state index in [1.165, 1.54) is 22.5 Å². The Balaban J connectivity index is 3.17. The maximum absolute atomic E-state index is 12.4. The minimum atomic E-state index is -3.79. The van der Waals surface area contributed by atoms with Gasteiger partial charge in [-0.15, -0.1) is 0 Å². The van der Waals surface area contributed by atoms with Crippen LogP contribution in [0.2, 0.25) is 0 Å². The number of carboxylic acid groups (broad SMARTS) is 1. The van der Waals surface area contributed by atoms with Crippen LogP contribution in [0.15, 0.2) is 29.2 Å². The first-order chi connectivity index (χ1) is 9.32. The van der Waals surface area contributed by atoms with Crippen LogP contribution >= 0.6 is 0 Å². The van der Waals surface area contributed by atoms with E-state index in [1.807, 2.05) is 6.07 Å². The lowest BCUT2D eigenvalue weighted by Gasteiger charge is -2.21. The molecule has 0 heterocycles. The van der Waals surface area contributed by atoms with Crippen LogP contribution in [-0.4, -0.2) is 36.9 Å². The minimum absolute atomic E-state index is 0.0760. The lowest BCUT2D eigenvalue weighted by atomic mass is 10.2. The predicted octanol–water partition coefficient (Wildman–Crippen LogP) is 1.56. The first-order valence-electron chi connectivity index (χ1n) is 6.06. The van der Waals surface area contributed by atoms with Crippen LogP contribution < -0.4 is 0 Å². The summed E-state index contributed by atoms with van der Waals surface area (Å²) >= 11 is 0. The van der Waals surface area contributed by atoms with Gasteiger partial charge in [0.1, 0.15) is 0 Å². The van der Waals surface area contributed by atoms with E-state index in [1.54, 1.807) is 13.8 Å². The van der Waals surface area contributed by atoms with Gasteiger partial charge in [-0.25, -0.2) is 13.2 Å². The van der Waals surface area contributed by atoms with Crippen molar-refractivity contribution in [2.24, 2.45) is 5.92 Å². The number of nitriles is 1. The van der Waals surface area contributed by atoms with Gasteiger partial charge in [0, 0.05) is 13.1 Å². The first-order valence-corrected chi connectivity index (χ1v) is 7.50. The topological polar surface area (TPSA) is 98.5 Å². The van der Waals surface area contributed by atoms with Gasteiger partial charge in [-0.05, 0) is 25.1 Å². The minimum Gasteiger partial charge on any atom is -0.478 e. The number of aromatic carboxylic acids is 1. The maximum atomic E-state index is 12.4. The van der Waals surface area contributed by atoms with E-state index in [4.69, 9.17) is 10.4 Å². The molecule has 1 atom stereocenters. The summed E-state index contributed by atoms with van der Waals surface area (Å²) in [7, 11) is -3.79. The number of carbonyl (C=O) groups is 1. The van der Waals surface area contributed by atoms with Crippen molar-refractivity contribution in [2.45, 2.75) is 18.7 Å². The van der Waals surface area contributed by atoms with Gasteiger partial charge in [0.05, 0.1) is 22.4 Å². The van der Waals surface area contributed by atoms with Crippen molar-refractivity contribution in [3.63, 3.8) is 0 Å². The number of rotatable bonds is 6. The van der Waals surface area contributed by atoms with Crippen LogP contribution in [0.1, 0.15) is 24.2 Å². The number of benzene rings is 1. The smallest absolute Gasteiger partial charge is 0.335 e. The van der Waals surface area contributed by atoms with Crippen molar-refractivity contribution in [2.75, 3.05) is 13.1 Å². The average Bonchev–Trinajstić information content (AvgIpc) is 2.44. The molecule has 108 valence electrons. The van der Waals surface area contributed by atoms with Crippen LogP contribution in [0.5, 0.6) is 0 Å². The number of hydrogen-bond acceptors (Lipinski definition) is 4. The summed E-state index contributed by atoms with van der Waals surface area (Å²) in [5.41, 5.74) is -0.0875. The Labute approximate surface area is 118 Å². The number of carboxylic acids is 1. The molecule has 0 saturated carbocycles. The Bertz CT molecular complexity index is 634. The van der Waals surface area contributed by atoms with E-state index in [0.29, 0.717) is 0 Å². The molecule has 0 saturated heterocycles. The van der Waals surface area contributed by atoms with E-state index in [2.05, 4.69) is 0 Å². The van der Waals surface area contributed by atoms with E-state index < -0.39 is 21.9 Å². The lowest BCUT2D eigenvalue weighted by molar-refractivity contribution is 0.0696. The molecule has 1 aromatic carbocycles. The molecule has 1 N–H and O–H groups in total. The zero-order chi connectivity index (χ0) is 15.3. The van der Waals surface area contributed by atoms with Gasteiger partial charge in [0.15, 0.2) is 0 Å². The fraction of sp³-hybridized carbons (Fsp3) is 0.385. The van der Waals surface area contributed by atoms with Crippen molar-refractivity contribution in [3.05, 3.63) is 29.8 Å². The second-order valence-corrected chi connectivity index (χ2v) is 6.26. The molecule has 0 fully saturated rings. The van der Waals surface area contributed by atoms with Crippen molar-refractivity contribution in [1.82, 2.24) is 4.31 Å². The maximum Gasteiger partial charge on any atom is 0.335 e. The number of sulfonamides is 1. The molecule has 1 aromatic rings. The third kappa shape index (κ3) is 3.56. The third-order valence-electron chi connectivity index (χ3n) is 2.77. The molecular weight excluding hydrogens is 280 g/mol.